The molecule has 1 unspecified atom stereocenters. The average molecular weight is 217 g/mol. The van der Waals surface area contributed by atoms with E-state index in [1.54, 1.807) is 6.20 Å². The van der Waals surface area contributed by atoms with Gasteiger partial charge in [-0.15, -0.1) is 0 Å². The summed E-state index contributed by atoms with van der Waals surface area (Å²) >= 11 is 0. The number of nitrogens with one attached hydrogen (secondary N) is 1. The van der Waals surface area contributed by atoms with Gasteiger partial charge in [0.05, 0.1) is 12.2 Å². The van der Waals surface area contributed by atoms with Crippen molar-refractivity contribution in [2.75, 3.05) is 0 Å². The molecule has 1 atom stereocenters. The minimum atomic E-state index is 0.103. The minimum absolute atomic E-state index is 0.103. The molecule has 16 heavy (non-hydrogen) atoms. The van der Waals surface area contributed by atoms with Crippen LogP contribution in [0.15, 0.2) is 18.5 Å². The van der Waals surface area contributed by atoms with Gasteiger partial charge in [0, 0.05) is 24.1 Å². The topological polar surface area (TPSA) is 72.5 Å². The molecule has 0 fully saturated rings. The van der Waals surface area contributed by atoms with E-state index in [0.717, 1.165) is 30.8 Å². The molecule has 0 saturated heterocycles. The number of imidazole rings is 1. The average Bonchev–Trinajstić information content (AvgIpc) is 2.88. The molecular weight excluding hydrogens is 202 g/mol. The number of nitrogens with two attached hydrogens (primary N) is 1. The van der Waals surface area contributed by atoms with E-state index < -0.39 is 0 Å². The molecule has 3 N–H and O–H groups in total. The van der Waals surface area contributed by atoms with Gasteiger partial charge in [-0.3, -0.25) is 4.68 Å². The summed E-state index contributed by atoms with van der Waals surface area (Å²) in [7, 11) is 0. The molecular formula is C11H15N5. The van der Waals surface area contributed by atoms with Crippen LogP contribution >= 0.6 is 0 Å². The number of aromatic nitrogens is 4. The fourth-order valence-corrected chi connectivity index (χ4v) is 2.23. The molecule has 0 radical (unpaired) electrons. The highest BCUT2D eigenvalue weighted by Crippen LogP contribution is 2.25. The highest BCUT2D eigenvalue weighted by molar-refractivity contribution is 5.21. The van der Waals surface area contributed by atoms with Gasteiger partial charge in [-0.1, -0.05) is 0 Å². The summed E-state index contributed by atoms with van der Waals surface area (Å²) in [6.45, 7) is 0.687. The van der Waals surface area contributed by atoms with Gasteiger partial charge in [-0.25, -0.2) is 4.98 Å². The maximum atomic E-state index is 6.03. The van der Waals surface area contributed by atoms with Crippen LogP contribution in [0.5, 0.6) is 0 Å². The Kier molecular flexibility index (Phi) is 2.25. The lowest BCUT2D eigenvalue weighted by Crippen LogP contribution is -2.17. The van der Waals surface area contributed by atoms with Crippen molar-refractivity contribution in [1.82, 2.24) is 19.7 Å². The van der Waals surface area contributed by atoms with Crippen molar-refractivity contribution in [2.45, 2.75) is 31.8 Å². The fourth-order valence-electron chi connectivity index (χ4n) is 2.23. The number of aryl methyl sites for hydroxylation is 1. The second-order valence-corrected chi connectivity index (χ2v) is 4.25. The van der Waals surface area contributed by atoms with E-state index in [4.69, 9.17) is 5.73 Å². The lowest BCUT2D eigenvalue weighted by atomic mass is 9.97. The van der Waals surface area contributed by atoms with Crippen molar-refractivity contribution < 1.29 is 0 Å². The molecule has 2 heterocycles. The number of H-pyrrole nitrogens is 1. The van der Waals surface area contributed by atoms with Crippen LogP contribution in [0.4, 0.5) is 0 Å². The zero-order chi connectivity index (χ0) is 11.0. The highest BCUT2D eigenvalue weighted by Gasteiger charge is 2.21. The van der Waals surface area contributed by atoms with Crippen LogP contribution in [0, 0.1) is 0 Å². The molecule has 0 amide bonds. The second kappa shape index (κ2) is 3.75. The monoisotopic (exact) mass is 217 g/mol. The summed E-state index contributed by atoms with van der Waals surface area (Å²) in [5, 5.41) is 4.16. The predicted molar refractivity (Wildman–Crippen MR) is 59.8 cm³/mol. The maximum absolute atomic E-state index is 6.03. The quantitative estimate of drug-likeness (QED) is 0.788. The Hall–Kier alpha value is -1.62. The van der Waals surface area contributed by atoms with E-state index in [1.165, 1.54) is 5.69 Å². The third-order valence-electron chi connectivity index (χ3n) is 3.02. The SMILES string of the molecule is NC1CCCc2[nH]c(Cn3cccn3)nc21. The molecule has 5 heteroatoms. The smallest absolute Gasteiger partial charge is 0.128 e. The molecule has 5 nitrogen and oxygen atoms in total. The molecule has 0 spiro atoms. The second-order valence-electron chi connectivity index (χ2n) is 4.25. The molecule has 0 saturated carbocycles. The Morgan fingerprint density at radius 1 is 1.56 bits per heavy atom. The number of aromatic amines is 1. The van der Waals surface area contributed by atoms with E-state index in [9.17, 15) is 0 Å². The molecule has 1 aliphatic carbocycles. The van der Waals surface area contributed by atoms with Gasteiger partial charge < -0.3 is 10.7 Å². The molecule has 1 aliphatic rings. The molecule has 2 aromatic heterocycles. The molecule has 0 aromatic carbocycles. The molecule has 3 rings (SSSR count). The minimum Gasteiger partial charge on any atom is -0.344 e. The summed E-state index contributed by atoms with van der Waals surface area (Å²) < 4.78 is 1.86. The Morgan fingerprint density at radius 2 is 2.50 bits per heavy atom. The summed E-state index contributed by atoms with van der Waals surface area (Å²) in [4.78, 5) is 7.92. The van der Waals surface area contributed by atoms with Crippen molar-refractivity contribution in [2.24, 2.45) is 5.73 Å². The van der Waals surface area contributed by atoms with Crippen LogP contribution in [0.25, 0.3) is 0 Å². The van der Waals surface area contributed by atoms with E-state index in [-0.39, 0.29) is 6.04 Å². The first kappa shape index (κ1) is 9.59. The summed E-state index contributed by atoms with van der Waals surface area (Å²) in [5.74, 6) is 0.950. The normalized spacial score (nSPS) is 19.7. The van der Waals surface area contributed by atoms with Crippen molar-refractivity contribution in [3.05, 3.63) is 35.7 Å². The van der Waals surface area contributed by atoms with E-state index in [0.29, 0.717) is 6.54 Å². The zero-order valence-electron chi connectivity index (χ0n) is 9.06. The van der Waals surface area contributed by atoms with Crippen LogP contribution in [0.1, 0.15) is 36.1 Å². The maximum Gasteiger partial charge on any atom is 0.128 e. The van der Waals surface area contributed by atoms with Gasteiger partial charge >= 0.3 is 0 Å². The Balaban J connectivity index is 1.87. The Morgan fingerprint density at radius 3 is 3.25 bits per heavy atom. The first-order valence-electron chi connectivity index (χ1n) is 5.63. The molecule has 0 aliphatic heterocycles. The van der Waals surface area contributed by atoms with Crippen LogP contribution in [0.3, 0.4) is 0 Å². The molecule has 84 valence electrons. The predicted octanol–water partition coefficient (Wildman–Crippen LogP) is 0.991. The van der Waals surface area contributed by atoms with Crippen molar-refractivity contribution in [3.8, 4) is 0 Å². The number of nitrogens with zero attached hydrogens (tertiary/aromatic N) is 3. The largest absolute Gasteiger partial charge is 0.344 e. The lowest BCUT2D eigenvalue weighted by molar-refractivity contribution is 0.555. The standard InChI is InChI=1S/C11H15N5/c12-8-3-1-4-9-11(8)15-10(14-9)7-16-6-2-5-13-16/h2,5-6,8H,1,3-4,7,12H2,(H,14,15). The third kappa shape index (κ3) is 1.63. The zero-order valence-corrected chi connectivity index (χ0v) is 9.06. The van der Waals surface area contributed by atoms with Crippen molar-refractivity contribution in [3.63, 3.8) is 0 Å². The van der Waals surface area contributed by atoms with Crippen LogP contribution in [-0.4, -0.2) is 19.7 Å². The lowest BCUT2D eigenvalue weighted by Gasteiger charge is -2.15. The Labute approximate surface area is 93.7 Å². The highest BCUT2D eigenvalue weighted by atomic mass is 15.3. The van der Waals surface area contributed by atoms with Crippen LogP contribution < -0.4 is 5.73 Å². The van der Waals surface area contributed by atoms with E-state index >= 15 is 0 Å². The van der Waals surface area contributed by atoms with Gasteiger partial charge in [-0.2, -0.15) is 5.10 Å². The molecule has 2 aromatic rings. The first-order valence-corrected chi connectivity index (χ1v) is 5.63. The fraction of sp³-hybridized carbons (Fsp3) is 0.455. The third-order valence-corrected chi connectivity index (χ3v) is 3.02. The summed E-state index contributed by atoms with van der Waals surface area (Å²) in [6, 6.07) is 2.01. The Bertz CT molecular complexity index is 471. The number of hydrogen-bond acceptors (Lipinski definition) is 3. The summed E-state index contributed by atoms with van der Waals surface area (Å²) in [6.07, 6.45) is 6.96. The van der Waals surface area contributed by atoms with Crippen LogP contribution in [-0.2, 0) is 13.0 Å². The van der Waals surface area contributed by atoms with Gasteiger partial charge in [-0.05, 0) is 25.3 Å². The number of fused-ring (bicyclic) bond motifs is 1. The number of hydrogen-bond donors (Lipinski definition) is 2. The van der Waals surface area contributed by atoms with Crippen LogP contribution in [0.2, 0.25) is 0 Å². The van der Waals surface area contributed by atoms with Gasteiger partial charge in [0.15, 0.2) is 0 Å². The summed E-state index contributed by atoms with van der Waals surface area (Å²) in [5.41, 5.74) is 8.29. The first-order chi connectivity index (χ1) is 7.83. The van der Waals surface area contributed by atoms with E-state index in [1.807, 2.05) is 16.9 Å². The van der Waals surface area contributed by atoms with Gasteiger partial charge in [0.25, 0.3) is 0 Å². The van der Waals surface area contributed by atoms with Crippen molar-refractivity contribution in [1.29, 1.82) is 0 Å². The number of rotatable bonds is 2. The van der Waals surface area contributed by atoms with Gasteiger partial charge in [0.1, 0.15) is 5.82 Å². The van der Waals surface area contributed by atoms with Gasteiger partial charge in [0.2, 0.25) is 0 Å². The molecule has 0 bridgehead atoms. The van der Waals surface area contributed by atoms with E-state index in [2.05, 4.69) is 15.1 Å². The van der Waals surface area contributed by atoms with Crippen molar-refractivity contribution >= 4 is 0 Å².